The van der Waals surface area contributed by atoms with Crippen LogP contribution in [0.15, 0.2) is 42.5 Å². The summed E-state index contributed by atoms with van der Waals surface area (Å²) in [5, 5.41) is 5.52. The van der Waals surface area contributed by atoms with Crippen molar-refractivity contribution in [3.05, 3.63) is 65.2 Å². The van der Waals surface area contributed by atoms with Crippen LogP contribution in [0.1, 0.15) is 35.7 Å². The first-order valence-corrected chi connectivity index (χ1v) is 8.58. The summed E-state index contributed by atoms with van der Waals surface area (Å²) in [4.78, 5) is 24.2. The summed E-state index contributed by atoms with van der Waals surface area (Å²) in [7, 11) is 0. The molecule has 2 amide bonds. The van der Waals surface area contributed by atoms with Gasteiger partial charge in [-0.3, -0.25) is 9.59 Å². The van der Waals surface area contributed by atoms with E-state index >= 15 is 0 Å². The van der Waals surface area contributed by atoms with E-state index in [2.05, 4.69) is 10.6 Å². The van der Waals surface area contributed by atoms with E-state index in [1.165, 1.54) is 18.2 Å². The fourth-order valence-electron chi connectivity index (χ4n) is 2.72. The molecule has 0 aromatic heterocycles. The third-order valence-electron chi connectivity index (χ3n) is 4.29. The molecular weight excluding hydrogens is 338 g/mol. The molecule has 1 fully saturated rings. The molecule has 1 aliphatic rings. The fourth-order valence-corrected chi connectivity index (χ4v) is 2.72. The number of benzene rings is 2. The molecule has 2 aromatic rings. The Kier molecular flexibility index (Phi) is 5.30. The minimum absolute atomic E-state index is 0.0362. The molecule has 136 valence electrons. The van der Waals surface area contributed by atoms with Crippen LogP contribution in [0, 0.1) is 17.6 Å². The molecule has 26 heavy (non-hydrogen) atoms. The summed E-state index contributed by atoms with van der Waals surface area (Å²) in [5.41, 5.74) is 0.882. The number of carbonyl (C=O) groups excluding carboxylic acids is 2. The molecular formula is C20H20F2N2O2. The Labute approximate surface area is 150 Å². The number of rotatable bonds is 6. The number of carbonyl (C=O) groups is 2. The molecule has 6 heteroatoms. The Balaban J connectivity index is 1.63. The second-order valence-corrected chi connectivity index (χ2v) is 6.62. The van der Waals surface area contributed by atoms with Gasteiger partial charge in [0.2, 0.25) is 5.91 Å². The lowest BCUT2D eigenvalue weighted by Crippen LogP contribution is -2.34. The van der Waals surface area contributed by atoms with Crippen molar-refractivity contribution in [3.63, 3.8) is 0 Å². The predicted octanol–water partition coefficient (Wildman–Crippen LogP) is 3.67. The molecule has 3 rings (SSSR count). The smallest absolute Gasteiger partial charge is 0.251 e. The normalized spacial score (nSPS) is 14.6. The summed E-state index contributed by atoms with van der Waals surface area (Å²) >= 11 is 0. The molecule has 4 nitrogen and oxygen atoms in total. The molecule has 0 aliphatic heterocycles. The van der Waals surface area contributed by atoms with E-state index in [9.17, 15) is 18.4 Å². The Hall–Kier alpha value is -2.76. The SMILES string of the molecule is CC(Cc1c(F)cccc1F)NC(=O)c1cccc(NC(=O)C2CC2)c1. The Morgan fingerprint density at radius 1 is 1.12 bits per heavy atom. The van der Waals surface area contributed by atoms with Crippen molar-refractivity contribution in [2.24, 2.45) is 5.92 Å². The average Bonchev–Trinajstić information content (AvgIpc) is 3.43. The largest absolute Gasteiger partial charge is 0.349 e. The van der Waals surface area contributed by atoms with Crippen molar-refractivity contribution in [2.75, 3.05) is 5.32 Å². The van der Waals surface area contributed by atoms with E-state index < -0.39 is 17.7 Å². The lowest BCUT2D eigenvalue weighted by Gasteiger charge is -2.15. The highest BCUT2D eigenvalue weighted by molar-refractivity contribution is 5.98. The topological polar surface area (TPSA) is 58.2 Å². The zero-order chi connectivity index (χ0) is 18.7. The van der Waals surface area contributed by atoms with E-state index in [1.54, 1.807) is 31.2 Å². The lowest BCUT2D eigenvalue weighted by atomic mass is 10.1. The van der Waals surface area contributed by atoms with Crippen LogP contribution in [0.5, 0.6) is 0 Å². The van der Waals surface area contributed by atoms with Crippen LogP contribution in [0.25, 0.3) is 0 Å². The first-order valence-electron chi connectivity index (χ1n) is 8.58. The summed E-state index contributed by atoms with van der Waals surface area (Å²) < 4.78 is 27.4. The third kappa shape index (κ3) is 4.45. The minimum Gasteiger partial charge on any atom is -0.349 e. The molecule has 2 N–H and O–H groups in total. The van der Waals surface area contributed by atoms with Crippen molar-refractivity contribution >= 4 is 17.5 Å². The van der Waals surface area contributed by atoms with Gasteiger partial charge in [0.05, 0.1) is 0 Å². The number of hydrogen-bond acceptors (Lipinski definition) is 2. The Morgan fingerprint density at radius 3 is 2.42 bits per heavy atom. The summed E-state index contributed by atoms with van der Waals surface area (Å²) in [6.45, 7) is 1.68. The first-order chi connectivity index (χ1) is 12.4. The Morgan fingerprint density at radius 2 is 1.77 bits per heavy atom. The van der Waals surface area contributed by atoms with E-state index in [1.807, 2.05) is 0 Å². The molecule has 1 unspecified atom stereocenters. The van der Waals surface area contributed by atoms with Crippen molar-refractivity contribution in [3.8, 4) is 0 Å². The van der Waals surface area contributed by atoms with Crippen LogP contribution in [0.2, 0.25) is 0 Å². The molecule has 2 aromatic carbocycles. The van der Waals surface area contributed by atoms with E-state index in [-0.39, 0.29) is 29.7 Å². The van der Waals surface area contributed by atoms with Crippen LogP contribution >= 0.6 is 0 Å². The van der Waals surface area contributed by atoms with Gasteiger partial charge in [-0.25, -0.2) is 8.78 Å². The van der Waals surface area contributed by atoms with Crippen LogP contribution < -0.4 is 10.6 Å². The van der Waals surface area contributed by atoms with E-state index in [0.717, 1.165) is 12.8 Å². The summed E-state index contributed by atoms with van der Waals surface area (Å²) in [6, 6.07) is 9.84. The third-order valence-corrected chi connectivity index (χ3v) is 4.29. The maximum absolute atomic E-state index is 13.7. The van der Waals surface area contributed by atoms with E-state index in [4.69, 9.17) is 0 Å². The molecule has 1 aliphatic carbocycles. The van der Waals surface area contributed by atoms with Gasteiger partial charge in [-0.15, -0.1) is 0 Å². The predicted molar refractivity (Wildman–Crippen MR) is 94.8 cm³/mol. The second-order valence-electron chi connectivity index (χ2n) is 6.62. The molecule has 0 heterocycles. The van der Waals surface area contributed by atoms with E-state index in [0.29, 0.717) is 11.3 Å². The van der Waals surface area contributed by atoms with Gasteiger partial charge in [-0.2, -0.15) is 0 Å². The van der Waals surface area contributed by atoms with Crippen LogP contribution in [-0.4, -0.2) is 17.9 Å². The fraction of sp³-hybridized carbons (Fsp3) is 0.300. The van der Waals surface area contributed by atoms with Gasteiger partial charge in [0, 0.05) is 28.8 Å². The van der Waals surface area contributed by atoms with Crippen LogP contribution in [-0.2, 0) is 11.2 Å². The number of anilines is 1. The molecule has 0 radical (unpaired) electrons. The highest BCUT2D eigenvalue weighted by Gasteiger charge is 2.29. The zero-order valence-corrected chi connectivity index (χ0v) is 14.4. The number of amides is 2. The van der Waals surface area contributed by atoms with Crippen molar-refractivity contribution in [1.29, 1.82) is 0 Å². The standard InChI is InChI=1S/C20H20F2N2O2/c1-12(10-16-17(21)6-3-7-18(16)22)23-20(26)14-4-2-5-15(11-14)24-19(25)13-8-9-13/h2-7,11-13H,8-10H2,1H3,(H,23,26)(H,24,25). The maximum atomic E-state index is 13.7. The van der Waals surface area contributed by atoms with Crippen LogP contribution in [0.3, 0.4) is 0 Å². The molecule has 0 spiro atoms. The molecule has 1 atom stereocenters. The van der Waals surface area contributed by atoms with Gasteiger partial charge in [0.1, 0.15) is 11.6 Å². The van der Waals surface area contributed by atoms with Gasteiger partial charge < -0.3 is 10.6 Å². The van der Waals surface area contributed by atoms with Crippen LogP contribution in [0.4, 0.5) is 14.5 Å². The molecule has 0 saturated heterocycles. The highest BCUT2D eigenvalue weighted by atomic mass is 19.1. The Bertz CT molecular complexity index is 814. The summed E-state index contributed by atoms with van der Waals surface area (Å²) in [5.74, 6) is -1.59. The molecule has 1 saturated carbocycles. The lowest BCUT2D eigenvalue weighted by molar-refractivity contribution is -0.117. The van der Waals surface area contributed by atoms with Crippen molar-refractivity contribution in [1.82, 2.24) is 5.32 Å². The van der Waals surface area contributed by atoms with Crippen molar-refractivity contribution < 1.29 is 18.4 Å². The highest BCUT2D eigenvalue weighted by Crippen LogP contribution is 2.30. The minimum atomic E-state index is -0.629. The number of hydrogen-bond donors (Lipinski definition) is 2. The van der Waals surface area contributed by atoms with Gasteiger partial charge >= 0.3 is 0 Å². The molecule has 0 bridgehead atoms. The quantitative estimate of drug-likeness (QED) is 0.828. The first kappa shape index (κ1) is 18.0. The monoisotopic (exact) mass is 358 g/mol. The van der Waals surface area contributed by atoms with Gasteiger partial charge in [0.15, 0.2) is 0 Å². The second kappa shape index (κ2) is 7.64. The summed E-state index contributed by atoms with van der Waals surface area (Å²) in [6.07, 6.45) is 1.84. The number of nitrogens with one attached hydrogen (secondary N) is 2. The van der Waals surface area contributed by atoms with Gasteiger partial charge in [-0.1, -0.05) is 12.1 Å². The number of halogens is 2. The average molecular weight is 358 g/mol. The van der Waals surface area contributed by atoms with Gasteiger partial charge in [-0.05, 0) is 56.5 Å². The maximum Gasteiger partial charge on any atom is 0.251 e. The zero-order valence-electron chi connectivity index (χ0n) is 14.4. The van der Waals surface area contributed by atoms with Gasteiger partial charge in [0.25, 0.3) is 5.91 Å². The van der Waals surface area contributed by atoms with Crippen molar-refractivity contribution in [2.45, 2.75) is 32.2 Å².